The lowest BCUT2D eigenvalue weighted by atomic mass is 9.95. The molecule has 2 aromatic rings. The number of fused-ring (bicyclic) bond motifs is 1. The van der Waals surface area contributed by atoms with Gasteiger partial charge in [0, 0.05) is 41.9 Å². The first-order valence-corrected chi connectivity index (χ1v) is 9.62. The largest absolute Gasteiger partial charge is 0.483 e. The molecule has 0 unspecified atom stereocenters. The van der Waals surface area contributed by atoms with Gasteiger partial charge in [-0.05, 0) is 56.0 Å². The second-order valence-electron chi connectivity index (χ2n) is 6.92. The normalized spacial score (nSPS) is 16.5. The number of aryl methyl sites for hydroxylation is 1. The van der Waals surface area contributed by atoms with E-state index in [0.717, 1.165) is 73.9 Å². The van der Waals surface area contributed by atoms with E-state index in [1.165, 1.54) is 6.42 Å². The molecule has 0 saturated carbocycles. The van der Waals surface area contributed by atoms with Crippen molar-refractivity contribution in [1.82, 2.24) is 4.98 Å². The summed E-state index contributed by atoms with van der Waals surface area (Å²) in [5, 5.41) is 2.90. The molecule has 6 nitrogen and oxygen atoms in total. The number of hydrogen-bond acceptors (Lipinski definition) is 5. The zero-order valence-electron chi connectivity index (χ0n) is 15.4. The number of benzene rings is 1. The molecule has 2 heterocycles. The maximum atomic E-state index is 12.3. The number of ether oxygens (including phenoxy) is 2. The van der Waals surface area contributed by atoms with Crippen molar-refractivity contribution in [2.24, 2.45) is 0 Å². The van der Waals surface area contributed by atoms with Crippen LogP contribution in [0.25, 0.3) is 0 Å². The highest BCUT2D eigenvalue weighted by Gasteiger charge is 2.16. The van der Waals surface area contributed by atoms with Crippen LogP contribution in [0, 0.1) is 0 Å². The van der Waals surface area contributed by atoms with Gasteiger partial charge in [-0.15, -0.1) is 0 Å². The number of nitrogens with zero attached hydrogens (tertiary/aromatic N) is 2. The number of carbonyl (C=O) groups is 1. The minimum atomic E-state index is -0.157. The molecule has 0 radical (unpaired) electrons. The minimum Gasteiger partial charge on any atom is -0.483 e. The van der Waals surface area contributed by atoms with Crippen molar-refractivity contribution < 1.29 is 14.3 Å². The molecule has 1 aromatic heterocycles. The average Bonchev–Trinajstić information content (AvgIpc) is 2.73. The van der Waals surface area contributed by atoms with Crippen molar-refractivity contribution in [2.75, 3.05) is 43.1 Å². The van der Waals surface area contributed by atoms with E-state index in [1.807, 2.05) is 30.3 Å². The first-order chi connectivity index (χ1) is 13.3. The van der Waals surface area contributed by atoms with Crippen LogP contribution in [-0.2, 0) is 22.4 Å². The van der Waals surface area contributed by atoms with Crippen molar-refractivity contribution in [3.8, 4) is 5.75 Å². The van der Waals surface area contributed by atoms with E-state index in [2.05, 4.69) is 15.2 Å². The third-order valence-corrected chi connectivity index (χ3v) is 5.08. The summed E-state index contributed by atoms with van der Waals surface area (Å²) in [6, 6.07) is 9.77. The standard InChI is InChI=1S/C21H25N3O3/c25-21(15-27-20-9-10-22-19-4-2-1-3-18(19)20)23-16-5-7-17(8-6-16)24-11-13-26-14-12-24/h5-10H,1-4,11-15H2,(H,23,25). The van der Waals surface area contributed by atoms with Crippen LogP contribution in [0.5, 0.6) is 5.75 Å². The topological polar surface area (TPSA) is 63.7 Å². The van der Waals surface area contributed by atoms with Gasteiger partial charge in [-0.2, -0.15) is 0 Å². The van der Waals surface area contributed by atoms with Gasteiger partial charge in [0.15, 0.2) is 6.61 Å². The molecule has 1 aromatic carbocycles. The highest BCUT2D eigenvalue weighted by Crippen LogP contribution is 2.28. The summed E-state index contributed by atoms with van der Waals surface area (Å²) in [7, 11) is 0. The van der Waals surface area contributed by atoms with Crippen LogP contribution < -0.4 is 15.0 Å². The number of aromatic nitrogens is 1. The summed E-state index contributed by atoms with van der Waals surface area (Å²) in [6.45, 7) is 3.32. The van der Waals surface area contributed by atoms with Crippen LogP contribution in [0.3, 0.4) is 0 Å². The zero-order chi connectivity index (χ0) is 18.5. The summed E-state index contributed by atoms with van der Waals surface area (Å²) in [6.07, 6.45) is 6.06. The molecular formula is C21H25N3O3. The molecule has 1 aliphatic heterocycles. The van der Waals surface area contributed by atoms with Crippen LogP contribution in [0.2, 0.25) is 0 Å². The molecule has 0 bridgehead atoms. The number of amides is 1. The Morgan fingerprint density at radius 2 is 1.89 bits per heavy atom. The Kier molecular flexibility index (Phi) is 5.53. The van der Waals surface area contributed by atoms with Gasteiger partial charge in [-0.25, -0.2) is 0 Å². The molecule has 0 atom stereocenters. The number of carbonyl (C=O) groups excluding carboxylic acids is 1. The van der Waals surface area contributed by atoms with Gasteiger partial charge < -0.3 is 19.7 Å². The highest BCUT2D eigenvalue weighted by atomic mass is 16.5. The van der Waals surface area contributed by atoms with Gasteiger partial charge in [0.1, 0.15) is 5.75 Å². The monoisotopic (exact) mass is 367 g/mol. The fraction of sp³-hybridized carbons (Fsp3) is 0.429. The second kappa shape index (κ2) is 8.39. The van der Waals surface area contributed by atoms with Crippen molar-refractivity contribution in [2.45, 2.75) is 25.7 Å². The van der Waals surface area contributed by atoms with E-state index < -0.39 is 0 Å². The second-order valence-corrected chi connectivity index (χ2v) is 6.92. The Labute approximate surface area is 159 Å². The first-order valence-electron chi connectivity index (χ1n) is 9.62. The first kappa shape index (κ1) is 17.8. The summed E-state index contributed by atoms with van der Waals surface area (Å²) in [5.74, 6) is 0.632. The lowest BCUT2D eigenvalue weighted by Gasteiger charge is -2.28. The van der Waals surface area contributed by atoms with Gasteiger partial charge in [-0.1, -0.05) is 0 Å². The Balaban J connectivity index is 1.32. The Bertz CT molecular complexity index is 786. The van der Waals surface area contributed by atoms with Crippen molar-refractivity contribution in [3.05, 3.63) is 47.8 Å². The lowest BCUT2D eigenvalue weighted by Crippen LogP contribution is -2.36. The number of pyridine rings is 1. The predicted molar refractivity (Wildman–Crippen MR) is 104 cm³/mol. The number of rotatable bonds is 5. The quantitative estimate of drug-likeness (QED) is 0.880. The van der Waals surface area contributed by atoms with E-state index in [0.29, 0.717) is 0 Å². The third-order valence-electron chi connectivity index (χ3n) is 5.08. The average molecular weight is 367 g/mol. The molecule has 1 N–H and O–H groups in total. The minimum absolute atomic E-state index is 0.00166. The lowest BCUT2D eigenvalue weighted by molar-refractivity contribution is -0.118. The van der Waals surface area contributed by atoms with Crippen molar-refractivity contribution in [3.63, 3.8) is 0 Å². The molecule has 6 heteroatoms. The molecule has 1 fully saturated rings. The number of anilines is 2. The molecule has 0 spiro atoms. The van der Waals surface area contributed by atoms with Crippen LogP contribution in [0.1, 0.15) is 24.1 Å². The van der Waals surface area contributed by atoms with E-state index in [4.69, 9.17) is 9.47 Å². The summed E-state index contributed by atoms with van der Waals surface area (Å²) in [5.41, 5.74) is 4.19. The Morgan fingerprint density at radius 1 is 1.11 bits per heavy atom. The number of hydrogen-bond donors (Lipinski definition) is 1. The molecular weight excluding hydrogens is 342 g/mol. The van der Waals surface area contributed by atoms with Gasteiger partial charge in [0.05, 0.1) is 13.2 Å². The van der Waals surface area contributed by atoms with Crippen LogP contribution in [-0.4, -0.2) is 43.8 Å². The van der Waals surface area contributed by atoms with Crippen LogP contribution in [0.4, 0.5) is 11.4 Å². The summed E-state index contributed by atoms with van der Waals surface area (Å²) < 4.78 is 11.2. The van der Waals surface area contributed by atoms with Gasteiger partial charge in [0.2, 0.25) is 0 Å². The van der Waals surface area contributed by atoms with Crippen molar-refractivity contribution >= 4 is 17.3 Å². The zero-order valence-corrected chi connectivity index (χ0v) is 15.4. The van der Waals surface area contributed by atoms with Gasteiger partial charge >= 0.3 is 0 Å². The van der Waals surface area contributed by atoms with E-state index in [9.17, 15) is 4.79 Å². The van der Waals surface area contributed by atoms with Gasteiger partial charge in [-0.3, -0.25) is 9.78 Å². The van der Waals surface area contributed by atoms with E-state index in [1.54, 1.807) is 6.20 Å². The maximum absolute atomic E-state index is 12.3. The van der Waals surface area contributed by atoms with Crippen LogP contribution >= 0.6 is 0 Å². The molecule has 1 aliphatic carbocycles. The Hall–Kier alpha value is -2.60. The van der Waals surface area contributed by atoms with Crippen LogP contribution in [0.15, 0.2) is 36.5 Å². The Morgan fingerprint density at radius 3 is 2.70 bits per heavy atom. The summed E-state index contributed by atoms with van der Waals surface area (Å²) in [4.78, 5) is 19.0. The fourth-order valence-electron chi connectivity index (χ4n) is 3.65. The number of nitrogens with one attached hydrogen (secondary N) is 1. The predicted octanol–water partition coefficient (Wildman–Crippen LogP) is 2.81. The smallest absolute Gasteiger partial charge is 0.262 e. The summed E-state index contributed by atoms with van der Waals surface area (Å²) >= 11 is 0. The number of morpholine rings is 1. The van der Waals surface area contributed by atoms with E-state index >= 15 is 0 Å². The molecule has 142 valence electrons. The maximum Gasteiger partial charge on any atom is 0.262 e. The SMILES string of the molecule is O=C(COc1ccnc2c1CCCC2)Nc1ccc(N2CCOCC2)cc1. The molecule has 27 heavy (non-hydrogen) atoms. The van der Waals surface area contributed by atoms with Crippen molar-refractivity contribution in [1.29, 1.82) is 0 Å². The third kappa shape index (κ3) is 4.39. The molecule has 1 amide bonds. The molecule has 1 saturated heterocycles. The van der Waals surface area contributed by atoms with Gasteiger partial charge in [0.25, 0.3) is 5.91 Å². The molecule has 4 rings (SSSR count). The molecule has 2 aliphatic rings. The highest BCUT2D eigenvalue weighted by molar-refractivity contribution is 5.92. The van der Waals surface area contributed by atoms with E-state index in [-0.39, 0.29) is 12.5 Å². The fourth-order valence-corrected chi connectivity index (χ4v) is 3.65.